The summed E-state index contributed by atoms with van der Waals surface area (Å²) >= 11 is 6.29. The highest BCUT2D eigenvalue weighted by Gasteiger charge is 2.26. The van der Waals surface area contributed by atoms with Crippen molar-refractivity contribution >= 4 is 40.1 Å². The van der Waals surface area contributed by atoms with Crippen LogP contribution >= 0.6 is 11.6 Å². The van der Waals surface area contributed by atoms with E-state index in [2.05, 4.69) is 17.2 Å². The molecule has 2 aromatic rings. The molecular formula is C18H23ClN3O3+. The molecule has 1 aromatic heterocycles. The molecule has 3 N–H and O–H groups in total. The number of carbonyl (C=O) groups excluding carboxylic acids is 2. The molecule has 6 nitrogen and oxygen atoms in total. The Morgan fingerprint density at radius 1 is 1.40 bits per heavy atom. The normalized spacial score (nSPS) is 20.4. The van der Waals surface area contributed by atoms with E-state index < -0.39 is 5.97 Å². The smallest absolute Gasteiger partial charge is 0.356 e. The van der Waals surface area contributed by atoms with Crippen molar-refractivity contribution in [2.45, 2.75) is 32.2 Å². The number of quaternary nitrogens is 1. The fourth-order valence-electron chi connectivity index (χ4n) is 3.49. The molecule has 134 valence electrons. The molecule has 0 bridgehead atoms. The third-order valence-electron chi connectivity index (χ3n) is 4.90. The van der Waals surface area contributed by atoms with Gasteiger partial charge in [-0.25, -0.2) is 4.79 Å². The van der Waals surface area contributed by atoms with E-state index in [1.165, 1.54) is 18.4 Å². The second-order valence-corrected chi connectivity index (χ2v) is 6.97. The van der Waals surface area contributed by atoms with Crippen molar-refractivity contribution in [3.63, 3.8) is 0 Å². The van der Waals surface area contributed by atoms with E-state index in [0.29, 0.717) is 34.2 Å². The van der Waals surface area contributed by atoms with E-state index in [1.54, 1.807) is 18.2 Å². The Labute approximate surface area is 151 Å². The molecule has 0 radical (unpaired) electrons. The fourth-order valence-corrected chi connectivity index (χ4v) is 3.76. The number of halogens is 1. The molecule has 1 aliphatic heterocycles. The van der Waals surface area contributed by atoms with Gasteiger partial charge in [-0.1, -0.05) is 17.7 Å². The maximum Gasteiger partial charge on any atom is 0.356 e. The Hall–Kier alpha value is -2.05. The van der Waals surface area contributed by atoms with Crippen LogP contribution in [-0.2, 0) is 9.53 Å². The standard InChI is InChI=1S/C18H22ClN3O3/c1-11-6-3-4-9-22(11)10-14(23)21-16-15-12(19)7-5-8-13(15)20-17(16)18(24)25-2/h5,7-8,11,20H,3-4,6,9-10H2,1-2H3,(H,21,23)/p+1/t11-/m1/s1. The minimum atomic E-state index is -0.541. The highest BCUT2D eigenvalue weighted by molar-refractivity contribution is 6.37. The van der Waals surface area contributed by atoms with Crippen LogP contribution < -0.4 is 10.2 Å². The van der Waals surface area contributed by atoms with E-state index in [-0.39, 0.29) is 11.6 Å². The molecule has 2 heterocycles. The quantitative estimate of drug-likeness (QED) is 0.726. The molecule has 1 saturated heterocycles. The highest BCUT2D eigenvalue weighted by Crippen LogP contribution is 2.33. The van der Waals surface area contributed by atoms with Crippen LogP contribution in [0.4, 0.5) is 5.69 Å². The van der Waals surface area contributed by atoms with Crippen LogP contribution in [0.5, 0.6) is 0 Å². The van der Waals surface area contributed by atoms with E-state index in [9.17, 15) is 9.59 Å². The minimum Gasteiger partial charge on any atom is -0.464 e. The maximum atomic E-state index is 12.6. The van der Waals surface area contributed by atoms with Crippen LogP contribution in [0, 0.1) is 0 Å². The summed E-state index contributed by atoms with van der Waals surface area (Å²) in [5, 5.41) is 3.98. The summed E-state index contributed by atoms with van der Waals surface area (Å²) in [5.41, 5.74) is 1.28. The predicted molar refractivity (Wildman–Crippen MR) is 97.3 cm³/mol. The summed E-state index contributed by atoms with van der Waals surface area (Å²) in [6, 6.07) is 5.78. The number of piperidine rings is 1. The first-order chi connectivity index (χ1) is 12.0. The zero-order valence-electron chi connectivity index (χ0n) is 14.4. The zero-order chi connectivity index (χ0) is 18.0. The Morgan fingerprint density at radius 2 is 2.20 bits per heavy atom. The highest BCUT2D eigenvalue weighted by atomic mass is 35.5. The van der Waals surface area contributed by atoms with Gasteiger partial charge in [-0.05, 0) is 38.3 Å². The number of likely N-dealkylation sites (tertiary alicyclic amines) is 1. The fraction of sp³-hybridized carbons (Fsp3) is 0.444. The molecule has 0 aliphatic carbocycles. The van der Waals surface area contributed by atoms with Crippen molar-refractivity contribution in [2.75, 3.05) is 25.5 Å². The number of amides is 1. The van der Waals surface area contributed by atoms with Gasteiger partial charge >= 0.3 is 5.97 Å². The van der Waals surface area contributed by atoms with Gasteiger partial charge in [-0.3, -0.25) is 4.79 Å². The molecule has 1 amide bonds. The van der Waals surface area contributed by atoms with Crippen molar-refractivity contribution in [3.05, 3.63) is 28.9 Å². The number of aromatic amines is 1. The lowest BCUT2D eigenvalue weighted by atomic mass is 10.0. The molecule has 2 atom stereocenters. The van der Waals surface area contributed by atoms with Gasteiger partial charge in [-0.15, -0.1) is 0 Å². The molecule has 3 rings (SSSR count). The number of esters is 1. The van der Waals surface area contributed by atoms with Gasteiger partial charge in [0.05, 0.1) is 30.4 Å². The van der Waals surface area contributed by atoms with Gasteiger partial charge in [0.2, 0.25) is 0 Å². The second kappa shape index (κ2) is 7.45. The van der Waals surface area contributed by atoms with E-state index in [4.69, 9.17) is 16.3 Å². The monoisotopic (exact) mass is 364 g/mol. The summed E-state index contributed by atoms with van der Waals surface area (Å²) in [7, 11) is 1.31. The number of H-pyrrole nitrogens is 1. The number of ether oxygens (including phenoxy) is 1. The Kier molecular flexibility index (Phi) is 5.30. The molecule has 7 heteroatoms. The van der Waals surface area contributed by atoms with E-state index in [0.717, 1.165) is 19.4 Å². The van der Waals surface area contributed by atoms with Crippen molar-refractivity contribution in [2.24, 2.45) is 0 Å². The summed E-state index contributed by atoms with van der Waals surface area (Å²) in [6.45, 7) is 3.54. The van der Waals surface area contributed by atoms with Crippen LogP contribution in [-0.4, -0.2) is 43.1 Å². The van der Waals surface area contributed by atoms with Gasteiger partial charge in [0.25, 0.3) is 5.91 Å². The number of hydrogen-bond acceptors (Lipinski definition) is 3. The summed E-state index contributed by atoms with van der Waals surface area (Å²) in [6.07, 6.45) is 3.49. The van der Waals surface area contributed by atoms with Gasteiger partial charge in [0, 0.05) is 10.9 Å². The summed E-state index contributed by atoms with van der Waals surface area (Å²) in [4.78, 5) is 29.0. The zero-order valence-corrected chi connectivity index (χ0v) is 15.2. The van der Waals surface area contributed by atoms with E-state index >= 15 is 0 Å². The van der Waals surface area contributed by atoms with Crippen molar-refractivity contribution in [3.8, 4) is 0 Å². The lowest BCUT2D eigenvalue weighted by Crippen LogP contribution is -3.17. The molecule has 1 unspecified atom stereocenters. The van der Waals surface area contributed by atoms with Crippen molar-refractivity contribution < 1.29 is 19.2 Å². The molecule has 1 fully saturated rings. The van der Waals surface area contributed by atoms with Crippen LogP contribution in [0.3, 0.4) is 0 Å². The number of methoxy groups -OCH3 is 1. The Balaban J connectivity index is 1.88. The lowest BCUT2D eigenvalue weighted by Gasteiger charge is -2.29. The molecule has 1 aromatic carbocycles. The number of benzene rings is 1. The minimum absolute atomic E-state index is 0.130. The van der Waals surface area contributed by atoms with Crippen LogP contribution in [0.25, 0.3) is 10.9 Å². The van der Waals surface area contributed by atoms with Crippen LogP contribution in [0.15, 0.2) is 18.2 Å². The largest absolute Gasteiger partial charge is 0.464 e. The first kappa shape index (κ1) is 17.8. The topological polar surface area (TPSA) is 75.6 Å². The summed E-state index contributed by atoms with van der Waals surface area (Å²) in [5.74, 6) is -0.670. The number of carbonyl (C=O) groups is 2. The van der Waals surface area contributed by atoms with Gasteiger partial charge < -0.3 is 19.9 Å². The van der Waals surface area contributed by atoms with Gasteiger partial charge in [0.1, 0.15) is 5.69 Å². The third kappa shape index (κ3) is 3.65. The number of aromatic nitrogens is 1. The van der Waals surface area contributed by atoms with E-state index in [1.807, 2.05) is 0 Å². The molecule has 25 heavy (non-hydrogen) atoms. The molecule has 0 saturated carbocycles. The predicted octanol–water partition coefficient (Wildman–Crippen LogP) is 2.00. The molecule has 0 spiro atoms. The van der Waals surface area contributed by atoms with Crippen LogP contribution in [0.2, 0.25) is 5.02 Å². The van der Waals surface area contributed by atoms with Crippen LogP contribution in [0.1, 0.15) is 36.7 Å². The van der Waals surface area contributed by atoms with Crippen molar-refractivity contribution in [1.82, 2.24) is 4.98 Å². The number of nitrogens with one attached hydrogen (secondary N) is 3. The Morgan fingerprint density at radius 3 is 2.92 bits per heavy atom. The third-order valence-corrected chi connectivity index (χ3v) is 5.21. The Bertz CT molecular complexity index is 802. The van der Waals surface area contributed by atoms with Gasteiger partial charge in [-0.2, -0.15) is 0 Å². The maximum absolute atomic E-state index is 12.6. The summed E-state index contributed by atoms with van der Waals surface area (Å²) < 4.78 is 4.83. The number of hydrogen-bond donors (Lipinski definition) is 3. The second-order valence-electron chi connectivity index (χ2n) is 6.56. The number of anilines is 1. The van der Waals surface area contributed by atoms with Gasteiger partial charge in [0.15, 0.2) is 6.54 Å². The first-order valence-corrected chi connectivity index (χ1v) is 8.92. The number of rotatable bonds is 4. The SMILES string of the molecule is COC(=O)c1[nH]c2cccc(Cl)c2c1NC(=O)C[NH+]1CCCC[C@H]1C. The molecular weight excluding hydrogens is 342 g/mol. The average Bonchev–Trinajstić information content (AvgIpc) is 2.96. The average molecular weight is 365 g/mol. The molecule has 1 aliphatic rings. The number of fused-ring (bicyclic) bond motifs is 1. The first-order valence-electron chi connectivity index (χ1n) is 8.54. The van der Waals surface area contributed by atoms with Crippen molar-refractivity contribution in [1.29, 1.82) is 0 Å². The lowest BCUT2D eigenvalue weighted by molar-refractivity contribution is -0.920.